The first-order valence-electron chi connectivity index (χ1n) is 20.3. The summed E-state index contributed by atoms with van der Waals surface area (Å²) in [5.74, 6) is -0.322. The van der Waals surface area contributed by atoms with Crippen LogP contribution in [0.1, 0.15) is 153 Å². The Morgan fingerprint density at radius 3 is 1.16 bits per heavy atom. The second-order valence-electron chi connectivity index (χ2n) is 14.4. The van der Waals surface area contributed by atoms with Crippen LogP contribution in [-0.4, -0.2) is 62.0 Å². The van der Waals surface area contributed by atoms with E-state index in [1.54, 1.807) is 0 Å². The number of carbonyl (C=O) groups excluding carboxylic acids is 2. The van der Waals surface area contributed by atoms with Crippen LogP contribution in [0.25, 0.3) is 11.1 Å². The zero-order chi connectivity index (χ0) is 36.1. The molecule has 0 atom stereocenters. The van der Waals surface area contributed by atoms with Gasteiger partial charge < -0.3 is 19.3 Å². The highest BCUT2D eigenvalue weighted by Crippen LogP contribution is 2.28. The molecule has 0 amide bonds. The van der Waals surface area contributed by atoms with Gasteiger partial charge in [0.2, 0.25) is 0 Å². The van der Waals surface area contributed by atoms with Gasteiger partial charge in [-0.2, -0.15) is 0 Å². The molecule has 0 saturated carbocycles. The van der Waals surface area contributed by atoms with Crippen molar-refractivity contribution in [2.24, 2.45) is 0 Å². The lowest BCUT2D eigenvalue weighted by Gasteiger charge is -2.17. The first-order valence-corrected chi connectivity index (χ1v) is 20.3. The van der Waals surface area contributed by atoms with Crippen LogP contribution in [0.3, 0.4) is 0 Å². The van der Waals surface area contributed by atoms with E-state index in [2.05, 4.69) is 37.7 Å². The molecule has 2 aromatic rings. The van der Waals surface area contributed by atoms with Crippen LogP contribution in [0.5, 0.6) is 0 Å². The second kappa shape index (κ2) is 28.9. The average molecular weight is 693 g/mol. The lowest BCUT2D eigenvalue weighted by Crippen LogP contribution is -2.21. The second-order valence-corrected chi connectivity index (χ2v) is 14.4. The van der Waals surface area contributed by atoms with Crippen molar-refractivity contribution in [2.45, 2.75) is 155 Å². The molecule has 0 aliphatic carbocycles. The van der Waals surface area contributed by atoms with E-state index in [4.69, 9.17) is 9.47 Å². The molecule has 0 saturated heterocycles. The molecule has 6 nitrogen and oxygen atoms in total. The van der Waals surface area contributed by atoms with Gasteiger partial charge in [-0.3, -0.25) is 9.59 Å². The van der Waals surface area contributed by atoms with E-state index >= 15 is 0 Å². The van der Waals surface area contributed by atoms with E-state index < -0.39 is 0 Å². The zero-order valence-corrected chi connectivity index (χ0v) is 32.5. The predicted octanol–water partition coefficient (Wildman–Crippen LogP) is 11.1. The summed E-state index contributed by atoms with van der Waals surface area (Å²) >= 11 is 0. The molecule has 0 unspecified atom stereocenters. The largest absolute Gasteiger partial charge is 0.461 e. The van der Waals surface area contributed by atoms with Crippen molar-refractivity contribution in [3.8, 4) is 11.1 Å². The first-order chi connectivity index (χ1) is 24.4. The molecule has 0 aromatic heterocycles. The van der Waals surface area contributed by atoms with Gasteiger partial charge in [0.25, 0.3) is 0 Å². The minimum atomic E-state index is -0.161. The summed E-state index contributed by atoms with van der Waals surface area (Å²) in [6.07, 6.45) is 23.7. The van der Waals surface area contributed by atoms with Gasteiger partial charge in [-0.05, 0) is 88.2 Å². The Balaban J connectivity index is 1.69. The minimum absolute atomic E-state index is 0.161. The molecule has 50 heavy (non-hydrogen) atoms. The monoisotopic (exact) mass is 693 g/mol. The van der Waals surface area contributed by atoms with Crippen molar-refractivity contribution in [1.82, 2.24) is 9.80 Å². The van der Waals surface area contributed by atoms with Crippen LogP contribution in [0.4, 0.5) is 0 Å². The Hall–Kier alpha value is -2.70. The smallest absolute Gasteiger partial charge is 0.306 e. The van der Waals surface area contributed by atoms with Gasteiger partial charge >= 0.3 is 11.9 Å². The topological polar surface area (TPSA) is 59.1 Å². The third-order valence-electron chi connectivity index (χ3n) is 9.73. The Labute approximate surface area is 306 Å². The van der Waals surface area contributed by atoms with Gasteiger partial charge in [0, 0.05) is 12.8 Å². The number of esters is 2. The van der Waals surface area contributed by atoms with Crippen molar-refractivity contribution in [2.75, 3.05) is 40.3 Å². The summed E-state index contributed by atoms with van der Waals surface area (Å²) < 4.78 is 11.5. The van der Waals surface area contributed by atoms with E-state index in [0.29, 0.717) is 12.8 Å². The first kappa shape index (κ1) is 43.5. The highest BCUT2D eigenvalue weighted by atomic mass is 16.5. The fraction of sp³-hybridized carbons (Fsp3) is 0.682. The Morgan fingerprint density at radius 1 is 0.460 bits per heavy atom. The molecule has 0 radical (unpaired) electrons. The molecule has 0 aliphatic rings. The number of unbranched alkanes of at least 4 members (excludes halogenated alkanes) is 14. The maximum Gasteiger partial charge on any atom is 0.306 e. The minimum Gasteiger partial charge on any atom is -0.461 e. The number of hydrogen-bond donors (Lipinski definition) is 0. The van der Waals surface area contributed by atoms with E-state index in [0.717, 1.165) is 61.3 Å². The van der Waals surface area contributed by atoms with Crippen molar-refractivity contribution >= 4 is 11.9 Å². The maximum absolute atomic E-state index is 12.6. The van der Waals surface area contributed by atoms with E-state index in [-0.39, 0.29) is 25.2 Å². The molecule has 0 spiro atoms. The van der Waals surface area contributed by atoms with Crippen LogP contribution in [-0.2, 0) is 32.3 Å². The van der Waals surface area contributed by atoms with Gasteiger partial charge in [0.05, 0.1) is 0 Å². The number of benzene rings is 2. The third kappa shape index (κ3) is 20.8. The average Bonchev–Trinajstić information content (AvgIpc) is 3.12. The summed E-state index contributed by atoms with van der Waals surface area (Å²) in [5, 5.41) is 0. The van der Waals surface area contributed by atoms with Crippen LogP contribution in [0.2, 0.25) is 0 Å². The van der Waals surface area contributed by atoms with Crippen molar-refractivity contribution < 1.29 is 19.1 Å². The Morgan fingerprint density at radius 2 is 0.780 bits per heavy atom. The number of rotatable bonds is 31. The zero-order valence-electron chi connectivity index (χ0n) is 32.5. The Bertz CT molecular complexity index is 1060. The normalized spacial score (nSPS) is 11.4. The maximum atomic E-state index is 12.6. The van der Waals surface area contributed by atoms with Crippen LogP contribution < -0.4 is 0 Å². The predicted molar refractivity (Wildman–Crippen MR) is 210 cm³/mol. The van der Waals surface area contributed by atoms with E-state index in [1.165, 1.54) is 103 Å². The molecule has 6 heteroatoms. The quantitative estimate of drug-likeness (QED) is 0.0579. The van der Waals surface area contributed by atoms with Gasteiger partial charge in [-0.1, -0.05) is 152 Å². The summed E-state index contributed by atoms with van der Waals surface area (Å²) in [4.78, 5) is 30.0. The van der Waals surface area contributed by atoms with Crippen molar-refractivity contribution in [3.05, 3.63) is 59.7 Å². The molecular weight excluding hydrogens is 620 g/mol. The molecular formula is C44H72N2O4. The lowest BCUT2D eigenvalue weighted by atomic mass is 9.96. The van der Waals surface area contributed by atoms with Gasteiger partial charge in [0.15, 0.2) is 0 Å². The molecule has 0 bridgehead atoms. The summed E-state index contributed by atoms with van der Waals surface area (Å²) in [6.45, 7) is 8.96. The number of carbonyl (C=O) groups is 2. The molecule has 2 aromatic carbocycles. The highest BCUT2D eigenvalue weighted by molar-refractivity contribution is 5.73. The van der Waals surface area contributed by atoms with Gasteiger partial charge in [-0.15, -0.1) is 0 Å². The molecule has 0 fully saturated rings. The van der Waals surface area contributed by atoms with Crippen LogP contribution >= 0.6 is 0 Å². The fourth-order valence-corrected chi connectivity index (χ4v) is 6.52. The van der Waals surface area contributed by atoms with Gasteiger partial charge in [0.1, 0.15) is 13.2 Å². The highest BCUT2D eigenvalue weighted by Gasteiger charge is 2.13. The SMILES string of the molecule is CCCCCCCCCCN(C)CCCC(=O)OCc1ccccc1-c1ccccc1COC(=O)CCCN(C)CCCCCCCCCC. The third-order valence-corrected chi connectivity index (χ3v) is 9.73. The fourth-order valence-electron chi connectivity index (χ4n) is 6.52. The number of ether oxygens (including phenoxy) is 2. The standard InChI is InChI=1S/C44H72N2O4/c1-5-7-9-11-13-15-17-23-33-45(3)35-25-31-43(47)49-37-39-27-19-21-29-41(39)42-30-22-20-28-40(42)38-50-44(48)32-26-36-46(4)34-24-18-16-14-12-10-8-6-2/h19-22,27-30H,5-18,23-26,31-38H2,1-4H3. The van der Waals surface area contributed by atoms with Gasteiger partial charge in [-0.25, -0.2) is 0 Å². The van der Waals surface area contributed by atoms with Crippen molar-refractivity contribution in [3.63, 3.8) is 0 Å². The summed E-state index contributed by atoms with van der Waals surface area (Å²) in [5.41, 5.74) is 3.90. The van der Waals surface area contributed by atoms with Crippen molar-refractivity contribution in [1.29, 1.82) is 0 Å². The molecule has 0 aliphatic heterocycles. The molecule has 0 heterocycles. The molecule has 282 valence electrons. The number of nitrogens with zero attached hydrogens (tertiary/aromatic N) is 2. The Kier molecular flexibility index (Phi) is 25.2. The van der Waals surface area contributed by atoms with Crippen LogP contribution in [0, 0.1) is 0 Å². The molecule has 2 rings (SSSR count). The summed E-state index contributed by atoms with van der Waals surface area (Å²) in [6, 6.07) is 16.0. The lowest BCUT2D eigenvalue weighted by molar-refractivity contribution is -0.146. The van der Waals surface area contributed by atoms with Crippen LogP contribution in [0.15, 0.2) is 48.5 Å². The van der Waals surface area contributed by atoms with E-state index in [1.807, 2.05) is 48.5 Å². The van der Waals surface area contributed by atoms with E-state index in [9.17, 15) is 9.59 Å². The molecule has 0 N–H and O–H groups in total. The number of hydrogen-bond acceptors (Lipinski definition) is 6. The summed E-state index contributed by atoms with van der Waals surface area (Å²) in [7, 11) is 4.30.